The van der Waals surface area contributed by atoms with Crippen molar-refractivity contribution in [2.24, 2.45) is 5.73 Å². The first-order chi connectivity index (χ1) is 9.37. The first-order valence-electron chi connectivity index (χ1n) is 6.39. The fourth-order valence-electron chi connectivity index (χ4n) is 1.79. The zero-order chi connectivity index (χ0) is 14.8. The van der Waals surface area contributed by atoms with E-state index in [1.54, 1.807) is 17.1 Å². The summed E-state index contributed by atoms with van der Waals surface area (Å²) in [6.07, 6.45) is 3.09. The van der Waals surface area contributed by atoms with Crippen LogP contribution in [0.1, 0.15) is 29.8 Å². The molecule has 0 atom stereocenters. The van der Waals surface area contributed by atoms with Gasteiger partial charge in [0.05, 0.1) is 5.69 Å². The molecule has 21 heavy (non-hydrogen) atoms. The van der Waals surface area contributed by atoms with Gasteiger partial charge in [-0.05, 0) is 44.5 Å². The third-order valence-corrected chi connectivity index (χ3v) is 2.84. The lowest BCUT2D eigenvalue weighted by Gasteiger charge is -2.19. The number of aromatic nitrogens is 3. The highest BCUT2D eigenvalue weighted by Gasteiger charge is 2.15. The number of amides is 1. The van der Waals surface area contributed by atoms with Crippen molar-refractivity contribution >= 4 is 18.3 Å². The molecule has 1 aromatic carbocycles. The summed E-state index contributed by atoms with van der Waals surface area (Å²) in [5, 5.41) is 6.89. The standard InChI is InChI=1S/C14H19N5O.ClH/c1-10-6-11(19-9-16-8-18-19)4-5-12(10)13(20)17-7-14(2,3)15;/h4-6,8-9H,7,15H2,1-3H3,(H,17,20);1H. The minimum Gasteiger partial charge on any atom is -0.350 e. The van der Waals surface area contributed by atoms with E-state index in [4.69, 9.17) is 5.73 Å². The van der Waals surface area contributed by atoms with E-state index < -0.39 is 5.54 Å². The Hall–Kier alpha value is -1.92. The number of benzene rings is 1. The third-order valence-electron chi connectivity index (χ3n) is 2.84. The van der Waals surface area contributed by atoms with Crippen LogP contribution in [0.25, 0.3) is 5.69 Å². The molecule has 0 bridgehead atoms. The van der Waals surface area contributed by atoms with Gasteiger partial charge in [-0.1, -0.05) is 0 Å². The van der Waals surface area contributed by atoms with Crippen LogP contribution in [-0.2, 0) is 0 Å². The Morgan fingerprint density at radius 2 is 2.14 bits per heavy atom. The second kappa shape index (κ2) is 6.69. The van der Waals surface area contributed by atoms with Crippen LogP contribution >= 0.6 is 12.4 Å². The van der Waals surface area contributed by atoms with E-state index >= 15 is 0 Å². The van der Waals surface area contributed by atoms with Crippen LogP contribution in [0.3, 0.4) is 0 Å². The Kier molecular flexibility index (Phi) is 5.46. The topological polar surface area (TPSA) is 85.8 Å². The largest absolute Gasteiger partial charge is 0.350 e. The lowest BCUT2D eigenvalue weighted by atomic mass is 10.1. The van der Waals surface area contributed by atoms with Gasteiger partial charge in [0.15, 0.2) is 0 Å². The summed E-state index contributed by atoms with van der Waals surface area (Å²) >= 11 is 0. The lowest BCUT2D eigenvalue weighted by molar-refractivity contribution is 0.0945. The maximum absolute atomic E-state index is 12.1. The predicted molar refractivity (Wildman–Crippen MR) is 83.9 cm³/mol. The maximum Gasteiger partial charge on any atom is 0.251 e. The molecule has 3 N–H and O–H groups in total. The third kappa shape index (κ3) is 4.54. The Balaban J connectivity index is 0.00000220. The Morgan fingerprint density at radius 1 is 1.43 bits per heavy atom. The van der Waals surface area contributed by atoms with Crippen molar-refractivity contribution in [3.05, 3.63) is 42.0 Å². The molecule has 1 amide bonds. The fourth-order valence-corrected chi connectivity index (χ4v) is 1.79. The molecule has 0 saturated carbocycles. The number of carbonyl (C=O) groups is 1. The Labute approximate surface area is 130 Å². The van der Waals surface area contributed by atoms with Gasteiger partial charge >= 0.3 is 0 Å². The summed E-state index contributed by atoms with van der Waals surface area (Å²) < 4.78 is 1.65. The van der Waals surface area contributed by atoms with E-state index in [0.29, 0.717) is 12.1 Å². The molecule has 7 heteroatoms. The molecule has 0 spiro atoms. The minimum atomic E-state index is -0.426. The number of nitrogens with two attached hydrogens (primary N) is 1. The highest BCUT2D eigenvalue weighted by atomic mass is 35.5. The summed E-state index contributed by atoms with van der Waals surface area (Å²) in [5.41, 5.74) is 7.82. The van der Waals surface area contributed by atoms with Gasteiger partial charge in [-0.3, -0.25) is 4.79 Å². The van der Waals surface area contributed by atoms with Gasteiger partial charge in [0.25, 0.3) is 5.91 Å². The quantitative estimate of drug-likeness (QED) is 0.895. The molecule has 0 fully saturated rings. The highest BCUT2D eigenvalue weighted by molar-refractivity contribution is 5.95. The molecule has 6 nitrogen and oxygen atoms in total. The summed E-state index contributed by atoms with van der Waals surface area (Å²) in [6.45, 7) is 6.06. The van der Waals surface area contributed by atoms with Crippen molar-refractivity contribution in [2.75, 3.05) is 6.54 Å². The second-order valence-corrected chi connectivity index (χ2v) is 5.51. The molecule has 0 aliphatic rings. The SMILES string of the molecule is Cc1cc(-n2cncn2)ccc1C(=O)NCC(C)(C)N.Cl. The van der Waals surface area contributed by atoms with Crippen LogP contribution in [0.4, 0.5) is 0 Å². The van der Waals surface area contributed by atoms with Crippen molar-refractivity contribution < 1.29 is 4.79 Å². The maximum atomic E-state index is 12.1. The number of hydrogen-bond donors (Lipinski definition) is 2. The number of aryl methyl sites for hydroxylation is 1. The van der Waals surface area contributed by atoms with Gasteiger partial charge in [0.2, 0.25) is 0 Å². The first kappa shape index (κ1) is 17.1. The van der Waals surface area contributed by atoms with Gasteiger partial charge < -0.3 is 11.1 Å². The van der Waals surface area contributed by atoms with Crippen LogP contribution in [0.2, 0.25) is 0 Å². The van der Waals surface area contributed by atoms with Crippen LogP contribution < -0.4 is 11.1 Å². The van der Waals surface area contributed by atoms with Crippen molar-refractivity contribution in [2.45, 2.75) is 26.3 Å². The number of nitrogens with zero attached hydrogens (tertiary/aromatic N) is 3. The molecule has 1 aromatic heterocycles. The molecule has 0 saturated heterocycles. The van der Waals surface area contributed by atoms with E-state index in [1.165, 1.54) is 6.33 Å². The Bertz CT molecular complexity index is 604. The average molecular weight is 310 g/mol. The summed E-state index contributed by atoms with van der Waals surface area (Å²) in [6, 6.07) is 5.52. The molecule has 0 unspecified atom stereocenters. The zero-order valence-corrected chi connectivity index (χ0v) is 13.1. The number of halogens is 1. The molecular formula is C14H20ClN5O. The molecular weight excluding hydrogens is 290 g/mol. The fraction of sp³-hybridized carbons (Fsp3) is 0.357. The van der Waals surface area contributed by atoms with Crippen LogP contribution in [-0.4, -0.2) is 32.8 Å². The van der Waals surface area contributed by atoms with Gasteiger partial charge in [0.1, 0.15) is 12.7 Å². The normalized spacial score (nSPS) is 10.9. The Morgan fingerprint density at radius 3 is 2.67 bits per heavy atom. The molecule has 0 aliphatic heterocycles. The van der Waals surface area contributed by atoms with Crippen molar-refractivity contribution in [3.63, 3.8) is 0 Å². The molecule has 2 aromatic rings. The predicted octanol–water partition coefficient (Wildman–Crippen LogP) is 1.46. The first-order valence-corrected chi connectivity index (χ1v) is 6.39. The molecule has 2 rings (SSSR count). The monoisotopic (exact) mass is 309 g/mol. The summed E-state index contributed by atoms with van der Waals surface area (Å²) in [5.74, 6) is -0.119. The van der Waals surface area contributed by atoms with Crippen LogP contribution in [0.5, 0.6) is 0 Å². The molecule has 1 heterocycles. The van der Waals surface area contributed by atoms with Gasteiger partial charge in [-0.15, -0.1) is 12.4 Å². The summed E-state index contributed by atoms with van der Waals surface area (Å²) in [7, 11) is 0. The van der Waals surface area contributed by atoms with E-state index in [1.807, 2.05) is 32.9 Å². The van der Waals surface area contributed by atoms with Crippen molar-refractivity contribution in [3.8, 4) is 5.69 Å². The number of carbonyl (C=O) groups excluding carboxylic acids is 1. The average Bonchev–Trinajstić information content (AvgIpc) is 2.88. The van der Waals surface area contributed by atoms with Gasteiger partial charge in [-0.25, -0.2) is 9.67 Å². The van der Waals surface area contributed by atoms with Gasteiger partial charge in [-0.2, -0.15) is 5.10 Å². The van der Waals surface area contributed by atoms with E-state index in [0.717, 1.165) is 11.3 Å². The van der Waals surface area contributed by atoms with E-state index in [-0.39, 0.29) is 18.3 Å². The van der Waals surface area contributed by atoms with E-state index in [9.17, 15) is 4.79 Å². The van der Waals surface area contributed by atoms with Crippen molar-refractivity contribution in [1.82, 2.24) is 20.1 Å². The van der Waals surface area contributed by atoms with Crippen molar-refractivity contribution in [1.29, 1.82) is 0 Å². The summed E-state index contributed by atoms with van der Waals surface area (Å²) in [4.78, 5) is 16.0. The molecule has 0 aliphatic carbocycles. The van der Waals surface area contributed by atoms with Crippen LogP contribution in [0, 0.1) is 6.92 Å². The van der Waals surface area contributed by atoms with E-state index in [2.05, 4.69) is 15.4 Å². The minimum absolute atomic E-state index is 0. The second-order valence-electron chi connectivity index (χ2n) is 5.51. The molecule has 0 radical (unpaired) electrons. The zero-order valence-electron chi connectivity index (χ0n) is 12.3. The number of rotatable bonds is 4. The smallest absolute Gasteiger partial charge is 0.251 e. The highest BCUT2D eigenvalue weighted by Crippen LogP contribution is 2.14. The lowest BCUT2D eigenvalue weighted by Crippen LogP contribution is -2.45. The number of hydrogen-bond acceptors (Lipinski definition) is 4. The van der Waals surface area contributed by atoms with Gasteiger partial charge in [0, 0.05) is 17.6 Å². The molecule has 114 valence electrons. The van der Waals surface area contributed by atoms with Crippen LogP contribution in [0.15, 0.2) is 30.9 Å². The number of nitrogens with one attached hydrogen (secondary N) is 1.